The largest absolute Gasteiger partial charge is 0.387 e. The molecule has 0 unspecified atom stereocenters. The summed E-state index contributed by atoms with van der Waals surface area (Å²) in [5, 5.41) is 14.6. The van der Waals surface area contributed by atoms with Crippen molar-refractivity contribution in [1.82, 2.24) is 0 Å². The van der Waals surface area contributed by atoms with Crippen molar-refractivity contribution in [2.75, 3.05) is 0 Å². The van der Waals surface area contributed by atoms with Crippen molar-refractivity contribution in [1.29, 1.82) is 10.8 Å². The molecule has 3 nitrogen and oxygen atoms in total. The number of nitrogens with one attached hydrogen (secondary N) is 2. The SMILES string of the molecule is [2H]c1ccc(CCCC(=N)CC(=N)N)cc1. The lowest BCUT2D eigenvalue weighted by molar-refractivity contribution is 0.856. The molecular weight excluding hydrogens is 186 g/mol. The fraction of sp³-hybridized carbons (Fsp3) is 0.333. The van der Waals surface area contributed by atoms with Crippen molar-refractivity contribution in [3.05, 3.63) is 35.9 Å². The van der Waals surface area contributed by atoms with Gasteiger partial charge in [-0.1, -0.05) is 30.3 Å². The molecule has 0 fully saturated rings. The summed E-state index contributed by atoms with van der Waals surface area (Å²) < 4.78 is 7.34. The molecule has 0 radical (unpaired) electrons. The molecule has 0 amide bonds. The lowest BCUT2D eigenvalue weighted by atomic mass is 10.0. The van der Waals surface area contributed by atoms with Crippen LogP contribution in [0.15, 0.2) is 30.3 Å². The van der Waals surface area contributed by atoms with Crippen molar-refractivity contribution >= 4 is 11.5 Å². The molecule has 15 heavy (non-hydrogen) atoms. The zero-order valence-corrected chi connectivity index (χ0v) is 8.72. The maximum Gasteiger partial charge on any atom is 0.0962 e. The third-order valence-corrected chi connectivity index (χ3v) is 2.14. The average Bonchev–Trinajstić information content (AvgIpc) is 2.20. The molecule has 1 aromatic carbocycles. The van der Waals surface area contributed by atoms with Gasteiger partial charge in [-0.15, -0.1) is 0 Å². The van der Waals surface area contributed by atoms with Gasteiger partial charge in [-0.25, -0.2) is 0 Å². The van der Waals surface area contributed by atoms with Gasteiger partial charge >= 0.3 is 0 Å². The molecule has 0 aliphatic heterocycles. The topological polar surface area (TPSA) is 73.7 Å². The second kappa shape index (κ2) is 5.96. The molecule has 4 N–H and O–H groups in total. The van der Waals surface area contributed by atoms with Gasteiger partial charge in [-0.3, -0.25) is 5.41 Å². The van der Waals surface area contributed by atoms with E-state index >= 15 is 0 Å². The summed E-state index contributed by atoms with van der Waals surface area (Å²) in [6.07, 6.45) is 2.76. The maximum atomic E-state index is 7.57. The molecule has 0 aliphatic carbocycles. The zero-order valence-electron chi connectivity index (χ0n) is 9.72. The summed E-state index contributed by atoms with van der Waals surface area (Å²) >= 11 is 0. The van der Waals surface area contributed by atoms with Crippen molar-refractivity contribution in [2.24, 2.45) is 5.73 Å². The Hall–Kier alpha value is -1.64. The predicted octanol–water partition coefficient (Wildman–Crippen LogP) is 2.36. The van der Waals surface area contributed by atoms with E-state index in [1.165, 1.54) is 5.56 Å². The number of benzene rings is 1. The summed E-state index contributed by atoms with van der Waals surface area (Å²) in [4.78, 5) is 0. The van der Waals surface area contributed by atoms with Crippen LogP contribution in [0.25, 0.3) is 0 Å². The second-order valence-corrected chi connectivity index (χ2v) is 3.57. The second-order valence-electron chi connectivity index (χ2n) is 3.57. The minimum Gasteiger partial charge on any atom is -0.387 e. The summed E-state index contributed by atoms with van der Waals surface area (Å²) in [6, 6.07) is 7.95. The molecule has 0 saturated carbocycles. The van der Waals surface area contributed by atoms with Crippen LogP contribution in [0, 0.1) is 10.8 Å². The van der Waals surface area contributed by atoms with Crippen LogP contribution in [-0.4, -0.2) is 11.5 Å². The van der Waals surface area contributed by atoms with Gasteiger partial charge in [-0.2, -0.15) is 0 Å². The van der Waals surface area contributed by atoms with Crippen molar-refractivity contribution in [3.63, 3.8) is 0 Å². The third kappa shape index (κ3) is 4.96. The van der Waals surface area contributed by atoms with Gasteiger partial charge in [0.2, 0.25) is 0 Å². The normalized spacial score (nSPS) is 10.8. The molecule has 80 valence electrons. The highest BCUT2D eigenvalue weighted by molar-refractivity contribution is 5.99. The van der Waals surface area contributed by atoms with E-state index in [4.69, 9.17) is 17.9 Å². The van der Waals surface area contributed by atoms with Crippen LogP contribution in [-0.2, 0) is 6.42 Å². The summed E-state index contributed by atoms with van der Waals surface area (Å²) in [6.45, 7) is 0. The average molecular weight is 204 g/mol. The molecule has 0 aromatic heterocycles. The first-order valence-corrected chi connectivity index (χ1v) is 5.02. The quantitative estimate of drug-likeness (QED) is 0.483. The third-order valence-electron chi connectivity index (χ3n) is 2.14. The molecule has 1 aromatic rings. The first-order valence-electron chi connectivity index (χ1n) is 5.52. The molecule has 0 spiro atoms. The Balaban J connectivity index is 2.28. The number of hydrogen-bond donors (Lipinski definition) is 3. The molecule has 0 atom stereocenters. The van der Waals surface area contributed by atoms with Crippen molar-refractivity contribution in [3.8, 4) is 0 Å². The number of nitrogens with two attached hydrogens (primary N) is 1. The molecule has 0 heterocycles. The molecular formula is C12H17N3. The summed E-state index contributed by atoms with van der Waals surface area (Å²) in [5.74, 6) is 0.0589. The van der Waals surface area contributed by atoms with Gasteiger partial charge in [-0.05, 0) is 24.8 Å². The number of hydrogen-bond acceptors (Lipinski definition) is 2. The van der Waals surface area contributed by atoms with Crippen LogP contribution in [0.2, 0.25) is 0 Å². The van der Waals surface area contributed by atoms with Gasteiger partial charge in [0.25, 0.3) is 0 Å². The zero-order chi connectivity index (χ0) is 12.0. The Bertz CT molecular complexity index is 370. The molecule has 0 bridgehead atoms. The minimum absolute atomic E-state index is 0.0589. The number of aryl methyl sites for hydroxylation is 1. The lowest BCUT2D eigenvalue weighted by Gasteiger charge is -2.03. The maximum absolute atomic E-state index is 7.57. The Morgan fingerprint density at radius 1 is 1.33 bits per heavy atom. The minimum atomic E-state index is 0.0589. The van der Waals surface area contributed by atoms with Crippen molar-refractivity contribution in [2.45, 2.75) is 25.7 Å². The smallest absolute Gasteiger partial charge is 0.0962 e. The fourth-order valence-electron chi connectivity index (χ4n) is 1.41. The highest BCUT2D eigenvalue weighted by Crippen LogP contribution is 2.05. The standard InChI is InChI=1S/C12H17N3/c13-11(9-12(14)15)8-4-7-10-5-2-1-3-6-10/h1-3,5-6,13H,4,7-9H2,(H3,14,15)/i1D. The van der Waals surface area contributed by atoms with Crippen LogP contribution in [0.5, 0.6) is 0 Å². The monoisotopic (exact) mass is 204 g/mol. The van der Waals surface area contributed by atoms with E-state index in [0.29, 0.717) is 18.2 Å². The van der Waals surface area contributed by atoms with Gasteiger partial charge < -0.3 is 11.1 Å². The molecule has 0 aliphatic rings. The lowest BCUT2D eigenvalue weighted by Crippen LogP contribution is -2.14. The van der Waals surface area contributed by atoms with E-state index in [1.807, 2.05) is 12.1 Å². The number of amidine groups is 1. The van der Waals surface area contributed by atoms with E-state index < -0.39 is 0 Å². The van der Waals surface area contributed by atoms with E-state index in [2.05, 4.69) is 0 Å². The van der Waals surface area contributed by atoms with Crippen LogP contribution >= 0.6 is 0 Å². The van der Waals surface area contributed by atoms with Gasteiger partial charge in [0.1, 0.15) is 0 Å². The van der Waals surface area contributed by atoms with E-state index in [-0.39, 0.29) is 12.3 Å². The Kier molecular flexibility index (Phi) is 3.93. The van der Waals surface area contributed by atoms with E-state index in [1.54, 1.807) is 12.1 Å². The fourth-order valence-corrected chi connectivity index (χ4v) is 1.41. The van der Waals surface area contributed by atoms with Gasteiger partial charge in [0.15, 0.2) is 0 Å². The van der Waals surface area contributed by atoms with E-state index in [0.717, 1.165) is 12.8 Å². The van der Waals surface area contributed by atoms with Gasteiger partial charge in [0.05, 0.1) is 7.21 Å². The highest BCUT2D eigenvalue weighted by atomic mass is 14.7. The van der Waals surface area contributed by atoms with Crippen LogP contribution in [0.1, 0.15) is 26.2 Å². The summed E-state index contributed by atoms with van der Waals surface area (Å²) in [7, 11) is 0. The molecule has 1 rings (SSSR count). The first kappa shape index (κ1) is 9.90. The van der Waals surface area contributed by atoms with Crippen molar-refractivity contribution < 1.29 is 1.37 Å². The summed E-state index contributed by atoms with van der Waals surface area (Å²) in [5.41, 5.74) is 6.92. The molecule has 0 saturated heterocycles. The highest BCUT2D eigenvalue weighted by Gasteiger charge is 1.99. The van der Waals surface area contributed by atoms with Gasteiger partial charge in [0, 0.05) is 12.1 Å². The predicted molar refractivity (Wildman–Crippen MR) is 63.6 cm³/mol. The van der Waals surface area contributed by atoms with Crippen LogP contribution in [0.4, 0.5) is 0 Å². The molecule has 3 heteroatoms. The Morgan fingerprint density at radius 3 is 2.60 bits per heavy atom. The first-order chi connectivity index (χ1) is 7.58. The van der Waals surface area contributed by atoms with Crippen LogP contribution < -0.4 is 5.73 Å². The van der Waals surface area contributed by atoms with Crippen LogP contribution in [0.3, 0.4) is 0 Å². The Morgan fingerprint density at radius 2 is 2.00 bits per heavy atom. The number of rotatable bonds is 6. The Labute approximate surface area is 91.7 Å². The van der Waals surface area contributed by atoms with E-state index in [9.17, 15) is 0 Å².